The van der Waals surface area contributed by atoms with Crippen LogP contribution in [-0.2, 0) is 26.1 Å². The maximum absolute atomic E-state index is 14.1. The second kappa shape index (κ2) is 9.92. The average Bonchev–Trinajstić information content (AvgIpc) is 3.26. The van der Waals surface area contributed by atoms with Crippen LogP contribution in [0.15, 0.2) is 65.8 Å². The molecule has 33 heavy (non-hydrogen) atoms. The van der Waals surface area contributed by atoms with Gasteiger partial charge in [-0.1, -0.05) is 18.2 Å². The number of esters is 1. The first kappa shape index (κ1) is 24.1. The molecule has 1 amide bonds. The summed E-state index contributed by atoms with van der Waals surface area (Å²) in [5.74, 6) is -2.61. The first-order chi connectivity index (χ1) is 15.6. The average molecular weight is 475 g/mol. The number of hydrogen-bond acceptors (Lipinski definition) is 6. The van der Waals surface area contributed by atoms with Gasteiger partial charge in [-0.05, 0) is 30.3 Å². The Morgan fingerprint density at radius 1 is 1.09 bits per heavy atom. The molecule has 0 aliphatic rings. The van der Waals surface area contributed by atoms with E-state index in [2.05, 4.69) is 5.10 Å². The Morgan fingerprint density at radius 3 is 2.45 bits per heavy atom. The molecule has 11 heteroatoms. The van der Waals surface area contributed by atoms with Crippen LogP contribution in [0.25, 0.3) is 5.69 Å². The zero-order chi connectivity index (χ0) is 24.2. The summed E-state index contributed by atoms with van der Waals surface area (Å²) in [6, 6.07) is 12.3. The lowest BCUT2D eigenvalue weighted by Crippen LogP contribution is -2.31. The Hall–Kier alpha value is -3.57. The van der Waals surface area contributed by atoms with Crippen LogP contribution in [0.5, 0.6) is 0 Å². The molecular formula is C22H23FN4O5S. The van der Waals surface area contributed by atoms with Gasteiger partial charge in [0.05, 0.1) is 22.3 Å². The summed E-state index contributed by atoms with van der Waals surface area (Å²) in [5.41, 5.74) is 1.05. The third-order valence-electron chi connectivity index (χ3n) is 4.77. The summed E-state index contributed by atoms with van der Waals surface area (Å²) in [6.45, 7) is -0.416. The Balaban J connectivity index is 1.62. The Bertz CT molecular complexity index is 1260. The van der Waals surface area contributed by atoms with E-state index in [9.17, 15) is 22.4 Å². The molecule has 9 nitrogen and oxygen atoms in total. The van der Waals surface area contributed by atoms with Gasteiger partial charge in [0, 0.05) is 39.4 Å². The normalized spacial score (nSPS) is 11.4. The highest BCUT2D eigenvalue weighted by molar-refractivity contribution is 7.89. The van der Waals surface area contributed by atoms with Gasteiger partial charge in [-0.2, -0.15) is 5.10 Å². The van der Waals surface area contributed by atoms with Crippen molar-refractivity contribution < 1.29 is 27.1 Å². The first-order valence-corrected chi connectivity index (χ1v) is 11.3. The predicted molar refractivity (Wildman–Crippen MR) is 118 cm³/mol. The number of nitrogens with zero attached hydrogens (tertiary/aromatic N) is 4. The molecule has 3 rings (SSSR count). The van der Waals surface area contributed by atoms with Gasteiger partial charge in [0.2, 0.25) is 10.0 Å². The minimum Gasteiger partial charge on any atom is -0.452 e. The standard InChI is InChI=1S/C22H23FN4O5S/c1-25(2)33(30,31)18-9-10-20(23)19(11-18)22(29)32-15-21(28)26(3)13-16-12-24-27(14-16)17-7-5-4-6-8-17/h4-12,14H,13,15H2,1-3H3. The van der Waals surface area contributed by atoms with E-state index in [0.29, 0.717) is 0 Å². The summed E-state index contributed by atoms with van der Waals surface area (Å²) in [7, 11) is 0.286. The van der Waals surface area contributed by atoms with Crippen molar-refractivity contribution in [1.82, 2.24) is 19.0 Å². The molecule has 0 saturated carbocycles. The Morgan fingerprint density at radius 2 is 1.79 bits per heavy atom. The van der Waals surface area contributed by atoms with E-state index in [1.165, 1.54) is 26.0 Å². The van der Waals surface area contributed by atoms with Crippen molar-refractivity contribution in [2.75, 3.05) is 27.7 Å². The number of carbonyl (C=O) groups excluding carboxylic acids is 2. The van der Waals surface area contributed by atoms with Crippen molar-refractivity contribution in [1.29, 1.82) is 0 Å². The van der Waals surface area contributed by atoms with Gasteiger partial charge >= 0.3 is 5.97 Å². The lowest BCUT2D eigenvalue weighted by Gasteiger charge is -2.16. The molecule has 1 aromatic heterocycles. The van der Waals surface area contributed by atoms with Gasteiger partial charge in [0.25, 0.3) is 5.91 Å². The zero-order valence-electron chi connectivity index (χ0n) is 18.3. The molecule has 0 unspecified atom stereocenters. The number of likely N-dealkylation sites (N-methyl/N-ethyl adjacent to an activating group) is 1. The van der Waals surface area contributed by atoms with E-state index >= 15 is 0 Å². The summed E-state index contributed by atoms with van der Waals surface area (Å²) < 4.78 is 46.1. The van der Waals surface area contributed by atoms with Crippen molar-refractivity contribution in [3.05, 3.63) is 77.9 Å². The third kappa shape index (κ3) is 5.62. The van der Waals surface area contributed by atoms with E-state index in [0.717, 1.165) is 33.8 Å². The number of sulfonamides is 1. The third-order valence-corrected chi connectivity index (χ3v) is 6.58. The maximum Gasteiger partial charge on any atom is 0.341 e. The minimum absolute atomic E-state index is 0.216. The van der Waals surface area contributed by atoms with E-state index < -0.39 is 39.9 Å². The van der Waals surface area contributed by atoms with Crippen LogP contribution in [0.4, 0.5) is 4.39 Å². The second-order valence-corrected chi connectivity index (χ2v) is 9.54. The molecule has 0 saturated heterocycles. The molecule has 0 radical (unpaired) electrons. The SMILES string of the molecule is CN(Cc1cnn(-c2ccccc2)c1)C(=O)COC(=O)c1cc(S(=O)(=O)N(C)C)ccc1F. The van der Waals surface area contributed by atoms with E-state index in [4.69, 9.17) is 4.74 Å². The highest BCUT2D eigenvalue weighted by Crippen LogP contribution is 2.18. The van der Waals surface area contributed by atoms with Crippen molar-refractivity contribution in [2.45, 2.75) is 11.4 Å². The summed E-state index contributed by atoms with van der Waals surface area (Å²) in [4.78, 5) is 25.8. The monoisotopic (exact) mass is 474 g/mol. The number of aromatic nitrogens is 2. The molecule has 0 fully saturated rings. The number of benzene rings is 2. The molecule has 3 aromatic rings. The lowest BCUT2D eigenvalue weighted by molar-refractivity contribution is -0.133. The van der Waals surface area contributed by atoms with E-state index in [-0.39, 0.29) is 11.4 Å². The van der Waals surface area contributed by atoms with Gasteiger partial charge in [-0.15, -0.1) is 0 Å². The number of amides is 1. The molecule has 0 N–H and O–H groups in total. The van der Waals surface area contributed by atoms with Gasteiger partial charge < -0.3 is 9.64 Å². The van der Waals surface area contributed by atoms with Crippen LogP contribution in [-0.4, -0.2) is 67.0 Å². The molecule has 1 heterocycles. The highest BCUT2D eigenvalue weighted by Gasteiger charge is 2.23. The van der Waals surface area contributed by atoms with Gasteiger partial charge in [0.15, 0.2) is 6.61 Å². The van der Waals surface area contributed by atoms with Crippen molar-refractivity contribution in [3.63, 3.8) is 0 Å². The number of rotatable bonds is 8. The van der Waals surface area contributed by atoms with Gasteiger partial charge in [0.1, 0.15) is 5.82 Å². The van der Waals surface area contributed by atoms with Crippen LogP contribution >= 0.6 is 0 Å². The fourth-order valence-electron chi connectivity index (χ4n) is 2.87. The maximum atomic E-state index is 14.1. The number of halogens is 1. The second-order valence-electron chi connectivity index (χ2n) is 7.38. The minimum atomic E-state index is -3.87. The number of hydrogen-bond donors (Lipinski definition) is 0. The van der Waals surface area contributed by atoms with Crippen LogP contribution in [0.3, 0.4) is 0 Å². The Kier molecular flexibility index (Phi) is 7.24. The summed E-state index contributed by atoms with van der Waals surface area (Å²) in [6.07, 6.45) is 3.39. The quantitative estimate of drug-likeness (QED) is 0.463. The molecule has 174 valence electrons. The molecule has 0 bridgehead atoms. The van der Waals surface area contributed by atoms with E-state index in [1.54, 1.807) is 17.1 Å². The molecule has 0 spiro atoms. The summed E-state index contributed by atoms with van der Waals surface area (Å²) >= 11 is 0. The first-order valence-electron chi connectivity index (χ1n) is 9.81. The highest BCUT2D eigenvalue weighted by atomic mass is 32.2. The lowest BCUT2D eigenvalue weighted by atomic mass is 10.2. The molecule has 0 atom stereocenters. The predicted octanol–water partition coefficient (Wildman–Crippen LogP) is 2.08. The smallest absolute Gasteiger partial charge is 0.341 e. The van der Waals surface area contributed by atoms with Crippen molar-refractivity contribution >= 4 is 21.9 Å². The topological polar surface area (TPSA) is 102 Å². The fraction of sp³-hybridized carbons (Fsp3) is 0.227. The molecule has 2 aromatic carbocycles. The largest absolute Gasteiger partial charge is 0.452 e. The Labute approximate surface area is 191 Å². The number of ether oxygens (including phenoxy) is 1. The van der Waals surface area contributed by atoms with Crippen molar-refractivity contribution in [3.8, 4) is 5.69 Å². The van der Waals surface area contributed by atoms with E-state index in [1.807, 2.05) is 30.3 Å². The number of para-hydroxylation sites is 1. The summed E-state index contributed by atoms with van der Waals surface area (Å²) in [5, 5.41) is 4.26. The molecule has 0 aliphatic heterocycles. The van der Waals surface area contributed by atoms with Gasteiger partial charge in [-0.25, -0.2) is 26.6 Å². The number of carbonyl (C=O) groups is 2. The van der Waals surface area contributed by atoms with Crippen LogP contribution in [0, 0.1) is 5.82 Å². The van der Waals surface area contributed by atoms with Crippen LogP contribution in [0.1, 0.15) is 15.9 Å². The van der Waals surface area contributed by atoms with Crippen molar-refractivity contribution in [2.24, 2.45) is 0 Å². The fourth-order valence-corrected chi connectivity index (χ4v) is 3.80. The zero-order valence-corrected chi connectivity index (χ0v) is 19.1. The van der Waals surface area contributed by atoms with Crippen LogP contribution < -0.4 is 0 Å². The molecular weight excluding hydrogens is 451 g/mol. The van der Waals surface area contributed by atoms with Crippen LogP contribution in [0.2, 0.25) is 0 Å². The van der Waals surface area contributed by atoms with Gasteiger partial charge in [-0.3, -0.25) is 4.79 Å². The molecule has 0 aliphatic carbocycles.